The topological polar surface area (TPSA) is 58.4 Å². The lowest BCUT2D eigenvalue weighted by atomic mass is 9.98. The molecule has 1 aliphatic heterocycles. The highest BCUT2D eigenvalue weighted by Gasteiger charge is 2.42. The van der Waals surface area contributed by atoms with Crippen molar-refractivity contribution in [3.8, 4) is 0 Å². The van der Waals surface area contributed by atoms with Crippen LogP contribution >= 0.6 is 0 Å². The summed E-state index contributed by atoms with van der Waals surface area (Å²) in [5.74, 6) is 2.72. The van der Waals surface area contributed by atoms with E-state index in [1.165, 1.54) is 12.8 Å². The van der Waals surface area contributed by atoms with Gasteiger partial charge in [0.2, 0.25) is 0 Å². The molecule has 108 valence electrons. The number of hydrogen-bond acceptors (Lipinski definition) is 4. The number of amides is 1. The van der Waals surface area contributed by atoms with Crippen molar-refractivity contribution in [1.29, 1.82) is 0 Å². The molecule has 0 spiro atoms. The van der Waals surface area contributed by atoms with E-state index in [-0.39, 0.29) is 11.9 Å². The highest BCUT2D eigenvalue weighted by molar-refractivity contribution is 5.92. The van der Waals surface area contributed by atoms with Crippen molar-refractivity contribution in [3.63, 3.8) is 0 Å². The van der Waals surface area contributed by atoms with Gasteiger partial charge in [0.05, 0.1) is 0 Å². The van der Waals surface area contributed by atoms with Gasteiger partial charge in [-0.1, -0.05) is 5.16 Å². The Hall–Kier alpha value is -1.36. The summed E-state index contributed by atoms with van der Waals surface area (Å²) in [5, 5.41) is 7.09. The summed E-state index contributed by atoms with van der Waals surface area (Å²) in [5.41, 5.74) is 0.441. The largest absolute Gasteiger partial charge is 0.360 e. The second kappa shape index (κ2) is 4.58. The van der Waals surface area contributed by atoms with E-state index >= 15 is 0 Å². The van der Waals surface area contributed by atoms with Gasteiger partial charge in [0.15, 0.2) is 5.69 Å². The standard InChI is InChI=1S/C15H21N3O2/c1-18-7-11(9-2-3-9)13(8-18)16-15(19)12-6-14(20-17-12)10-4-5-10/h6,9-11,13H,2-5,7-8H2,1H3,(H,16,19)/t11-,13+/m1/s1. The lowest BCUT2D eigenvalue weighted by molar-refractivity contribution is 0.0919. The zero-order chi connectivity index (χ0) is 13.7. The summed E-state index contributed by atoms with van der Waals surface area (Å²) in [6.45, 7) is 2.04. The first-order chi connectivity index (χ1) is 9.70. The van der Waals surface area contributed by atoms with Crippen LogP contribution in [0.5, 0.6) is 0 Å². The molecule has 3 fully saturated rings. The maximum absolute atomic E-state index is 12.3. The van der Waals surface area contributed by atoms with Crippen LogP contribution in [-0.4, -0.2) is 42.1 Å². The van der Waals surface area contributed by atoms with Crippen molar-refractivity contribution >= 4 is 5.91 Å². The third kappa shape index (κ3) is 2.35. The van der Waals surface area contributed by atoms with Gasteiger partial charge in [0.25, 0.3) is 5.91 Å². The van der Waals surface area contributed by atoms with Crippen LogP contribution in [0.2, 0.25) is 0 Å². The number of likely N-dealkylation sites (tertiary alicyclic amines) is 1. The van der Waals surface area contributed by atoms with Crippen molar-refractivity contribution in [2.75, 3.05) is 20.1 Å². The number of nitrogens with one attached hydrogen (secondary N) is 1. The number of aromatic nitrogens is 1. The second-order valence-corrected chi connectivity index (χ2v) is 6.69. The predicted molar refractivity (Wildman–Crippen MR) is 73.4 cm³/mol. The van der Waals surface area contributed by atoms with Gasteiger partial charge in [-0.25, -0.2) is 0 Å². The molecule has 3 aliphatic rings. The number of hydrogen-bond donors (Lipinski definition) is 1. The van der Waals surface area contributed by atoms with E-state index in [4.69, 9.17) is 4.52 Å². The number of rotatable bonds is 4. The van der Waals surface area contributed by atoms with Crippen LogP contribution in [0.25, 0.3) is 0 Å². The quantitative estimate of drug-likeness (QED) is 0.907. The van der Waals surface area contributed by atoms with Gasteiger partial charge in [0, 0.05) is 31.1 Å². The van der Waals surface area contributed by atoms with E-state index in [1.807, 2.05) is 6.07 Å². The maximum atomic E-state index is 12.3. The molecule has 2 aliphatic carbocycles. The summed E-state index contributed by atoms with van der Waals surface area (Å²) in [7, 11) is 2.13. The monoisotopic (exact) mass is 275 g/mol. The number of carbonyl (C=O) groups is 1. The van der Waals surface area contributed by atoms with Crippen LogP contribution in [0.3, 0.4) is 0 Å². The molecule has 20 heavy (non-hydrogen) atoms. The normalized spacial score (nSPS) is 30.6. The smallest absolute Gasteiger partial charge is 0.273 e. The van der Waals surface area contributed by atoms with Crippen molar-refractivity contribution < 1.29 is 9.32 Å². The SMILES string of the molecule is CN1C[C@H](NC(=O)c2cc(C3CC3)on2)[C@@H](C2CC2)C1. The fourth-order valence-corrected chi connectivity index (χ4v) is 3.39. The number of carbonyl (C=O) groups excluding carboxylic acids is 1. The summed E-state index contributed by atoms with van der Waals surface area (Å²) in [6, 6.07) is 2.08. The van der Waals surface area contributed by atoms with Crippen molar-refractivity contribution in [1.82, 2.24) is 15.4 Å². The Morgan fingerprint density at radius 1 is 1.35 bits per heavy atom. The average molecular weight is 275 g/mol. The molecule has 1 amide bonds. The Bertz CT molecular complexity index is 519. The number of likely N-dealkylation sites (N-methyl/N-ethyl adjacent to an activating group) is 1. The predicted octanol–water partition coefficient (Wildman–Crippen LogP) is 1.62. The molecule has 0 unspecified atom stereocenters. The van der Waals surface area contributed by atoms with E-state index in [0.29, 0.717) is 17.5 Å². The molecule has 1 aromatic rings. The Morgan fingerprint density at radius 2 is 2.15 bits per heavy atom. The first-order valence-electron chi connectivity index (χ1n) is 7.66. The van der Waals surface area contributed by atoms with Crippen LogP contribution in [0.4, 0.5) is 0 Å². The van der Waals surface area contributed by atoms with Gasteiger partial charge in [-0.15, -0.1) is 0 Å². The van der Waals surface area contributed by atoms with Crippen molar-refractivity contribution in [3.05, 3.63) is 17.5 Å². The molecule has 2 atom stereocenters. The maximum Gasteiger partial charge on any atom is 0.273 e. The summed E-state index contributed by atoms with van der Waals surface area (Å²) < 4.78 is 5.26. The molecule has 0 bridgehead atoms. The van der Waals surface area contributed by atoms with Crippen LogP contribution in [0.1, 0.15) is 47.8 Å². The molecule has 0 radical (unpaired) electrons. The first-order valence-corrected chi connectivity index (χ1v) is 7.66. The Kier molecular flexibility index (Phi) is 2.84. The van der Waals surface area contributed by atoms with E-state index in [0.717, 1.165) is 37.6 Å². The molecule has 2 heterocycles. The Labute approximate surface area is 118 Å². The Balaban J connectivity index is 1.42. The Morgan fingerprint density at radius 3 is 2.85 bits per heavy atom. The zero-order valence-electron chi connectivity index (χ0n) is 11.8. The molecular formula is C15H21N3O2. The van der Waals surface area contributed by atoms with Crippen LogP contribution in [0.15, 0.2) is 10.6 Å². The summed E-state index contributed by atoms with van der Waals surface area (Å²) >= 11 is 0. The zero-order valence-corrected chi connectivity index (χ0v) is 11.8. The van der Waals surface area contributed by atoms with E-state index in [9.17, 15) is 4.79 Å². The van der Waals surface area contributed by atoms with Gasteiger partial charge in [-0.05, 0) is 44.6 Å². The minimum Gasteiger partial charge on any atom is -0.360 e. The molecule has 1 saturated heterocycles. The summed E-state index contributed by atoms with van der Waals surface area (Å²) in [6.07, 6.45) is 4.96. The van der Waals surface area contributed by atoms with E-state index in [1.54, 1.807) is 0 Å². The molecule has 0 aromatic carbocycles. The third-order valence-corrected chi connectivity index (χ3v) is 4.83. The second-order valence-electron chi connectivity index (χ2n) is 6.69. The van der Waals surface area contributed by atoms with Gasteiger partial charge < -0.3 is 14.7 Å². The number of nitrogens with zero attached hydrogens (tertiary/aromatic N) is 2. The minimum absolute atomic E-state index is 0.0772. The van der Waals surface area contributed by atoms with Gasteiger partial charge in [-0.3, -0.25) is 4.79 Å². The lowest BCUT2D eigenvalue weighted by Gasteiger charge is -2.18. The van der Waals surface area contributed by atoms with Crippen LogP contribution in [-0.2, 0) is 0 Å². The van der Waals surface area contributed by atoms with Gasteiger partial charge >= 0.3 is 0 Å². The van der Waals surface area contributed by atoms with Gasteiger partial charge in [-0.2, -0.15) is 0 Å². The molecule has 4 rings (SSSR count). The fourth-order valence-electron chi connectivity index (χ4n) is 3.39. The minimum atomic E-state index is -0.0772. The van der Waals surface area contributed by atoms with E-state index in [2.05, 4.69) is 22.4 Å². The molecule has 5 heteroatoms. The molecule has 1 aromatic heterocycles. The van der Waals surface area contributed by atoms with Crippen molar-refractivity contribution in [2.24, 2.45) is 11.8 Å². The fraction of sp³-hybridized carbons (Fsp3) is 0.733. The van der Waals surface area contributed by atoms with Gasteiger partial charge in [0.1, 0.15) is 5.76 Å². The van der Waals surface area contributed by atoms with Crippen LogP contribution in [0, 0.1) is 11.8 Å². The third-order valence-electron chi connectivity index (χ3n) is 4.83. The van der Waals surface area contributed by atoms with Crippen molar-refractivity contribution in [2.45, 2.75) is 37.6 Å². The first kappa shape index (κ1) is 12.4. The average Bonchev–Trinajstić information content (AvgIpc) is 3.35. The highest BCUT2D eigenvalue weighted by Crippen LogP contribution is 2.41. The molecule has 1 N–H and O–H groups in total. The lowest BCUT2D eigenvalue weighted by Crippen LogP contribution is -2.41. The molecular weight excluding hydrogens is 254 g/mol. The van der Waals surface area contributed by atoms with E-state index < -0.39 is 0 Å². The highest BCUT2D eigenvalue weighted by atomic mass is 16.5. The molecule has 5 nitrogen and oxygen atoms in total. The van der Waals surface area contributed by atoms with Crippen LogP contribution < -0.4 is 5.32 Å². The summed E-state index contributed by atoms with van der Waals surface area (Å²) in [4.78, 5) is 14.6. The molecule has 2 saturated carbocycles.